The molecule has 1 N–H and O–H groups in total. The Kier molecular flexibility index (Phi) is 5.87. The van der Waals surface area contributed by atoms with Crippen LogP contribution in [0.25, 0.3) is 5.69 Å². The van der Waals surface area contributed by atoms with Crippen molar-refractivity contribution in [3.63, 3.8) is 0 Å². The van der Waals surface area contributed by atoms with Gasteiger partial charge < -0.3 is 15.0 Å². The first-order chi connectivity index (χ1) is 13.6. The number of hydrogen-bond acceptors (Lipinski definition) is 6. The molecule has 1 amide bonds. The van der Waals surface area contributed by atoms with Crippen molar-refractivity contribution in [2.75, 3.05) is 37.0 Å². The van der Waals surface area contributed by atoms with Gasteiger partial charge in [0.2, 0.25) is 11.9 Å². The van der Waals surface area contributed by atoms with Gasteiger partial charge in [-0.25, -0.2) is 0 Å². The summed E-state index contributed by atoms with van der Waals surface area (Å²) in [7, 11) is 0. The summed E-state index contributed by atoms with van der Waals surface area (Å²) in [5, 5.41) is 12.7. The van der Waals surface area contributed by atoms with Crippen LogP contribution in [0.15, 0.2) is 29.4 Å². The molecule has 0 unspecified atom stereocenters. The standard InChI is InChI=1S/C20H27N5O2S/c1-14-4-3-5-17(12-14)25-19(24-8-10-27-11-9-24)22-23-20(25)28-13-18(26)21-15(2)16-6-7-16/h3-5,12,15-16H,6-11,13H2,1-2H3,(H,21,26)/t15-/m1/s1. The second kappa shape index (κ2) is 8.53. The Labute approximate surface area is 169 Å². The van der Waals surface area contributed by atoms with Crippen LogP contribution in [0.5, 0.6) is 0 Å². The van der Waals surface area contributed by atoms with Gasteiger partial charge in [-0.2, -0.15) is 0 Å². The molecular formula is C20H27N5O2S. The zero-order valence-electron chi connectivity index (χ0n) is 16.4. The number of thioether (sulfide) groups is 1. The van der Waals surface area contributed by atoms with Gasteiger partial charge in [-0.15, -0.1) is 10.2 Å². The molecule has 7 nitrogen and oxygen atoms in total. The van der Waals surface area contributed by atoms with Crippen molar-refractivity contribution in [1.29, 1.82) is 0 Å². The van der Waals surface area contributed by atoms with Crippen LogP contribution in [0.3, 0.4) is 0 Å². The molecule has 0 bridgehead atoms. The van der Waals surface area contributed by atoms with E-state index >= 15 is 0 Å². The van der Waals surface area contributed by atoms with Gasteiger partial charge in [-0.1, -0.05) is 23.9 Å². The molecule has 4 rings (SSSR count). The Morgan fingerprint density at radius 1 is 1.32 bits per heavy atom. The van der Waals surface area contributed by atoms with Gasteiger partial charge in [0.25, 0.3) is 0 Å². The van der Waals surface area contributed by atoms with Crippen LogP contribution in [-0.2, 0) is 9.53 Å². The highest BCUT2D eigenvalue weighted by molar-refractivity contribution is 7.99. The third kappa shape index (κ3) is 4.50. The van der Waals surface area contributed by atoms with E-state index in [2.05, 4.69) is 57.0 Å². The molecule has 1 aromatic heterocycles. The van der Waals surface area contributed by atoms with E-state index < -0.39 is 0 Å². The highest BCUT2D eigenvalue weighted by atomic mass is 32.2. The molecule has 2 aromatic rings. The van der Waals surface area contributed by atoms with Crippen molar-refractivity contribution in [3.05, 3.63) is 29.8 Å². The molecule has 2 fully saturated rings. The predicted molar refractivity (Wildman–Crippen MR) is 110 cm³/mol. The number of hydrogen-bond donors (Lipinski definition) is 1. The van der Waals surface area contributed by atoms with Crippen molar-refractivity contribution in [2.24, 2.45) is 5.92 Å². The summed E-state index contributed by atoms with van der Waals surface area (Å²) in [5.74, 6) is 1.85. The Balaban J connectivity index is 1.54. The molecule has 0 spiro atoms. The van der Waals surface area contributed by atoms with Gasteiger partial charge in [0, 0.05) is 19.1 Å². The van der Waals surface area contributed by atoms with Crippen LogP contribution < -0.4 is 10.2 Å². The summed E-state index contributed by atoms with van der Waals surface area (Å²) in [6, 6.07) is 8.53. The van der Waals surface area contributed by atoms with E-state index in [0.717, 1.165) is 29.9 Å². The Hall–Kier alpha value is -2.06. The molecule has 8 heteroatoms. The zero-order chi connectivity index (χ0) is 19.5. The van der Waals surface area contributed by atoms with Crippen LogP contribution in [0.4, 0.5) is 5.95 Å². The second-order valence-electron chi connectivity index (χ2n) is 7.54. The average Bonchev–Trinajstić information content (AvgIpc) is 3.47. The molecule has 2 heterocycles. The van der Waals surface area contributed by atoms with Crippen molar-refractivity contribution >= 4 is 23.6 Å². The third-order valence-corrected chi connectivity index (χ3v) is 6.15. The van der Waals surface area contributed by atoms with Gasteiger partial charge in [-0.3, -0.25) is 9.36 Å². The molecular weight excluding hydrogens is 374 g/mol. The van der Waals surface area contributed by atoms with Crippen LogP contribution in [-0.4, -0.2) is 58.8 Å². The van der Waals surface area contributed by atoms with Gasteiger partial charge in [0.15, 0.2) is 5.16 Å². The number of morpholine rings is 1. The number of aromatic nitrogens is 3. The number of ether oxygens (including phenoxy) is 1. The highest BCUT2D eigenvalue weighted by Gasteiger charge is 2.29. The number of amides is 1. The Morgan fingerprint density at radius 2 is 2.11 bits per heavy atom. The topological polar surface area (TPSA) is 72.3 Å². The number of anilines is 1. The van der Waals surface area contributed by atoms with Crippen molar-refractivity contribution < 1.29 is 9.53 Å². The molecule has 28 heavy (non-hydrogen) atoms. The summed E-state index contributed by atoms with van der Waals surface area (Å²) < 4.78 is 7.53. The molecule has 150 valence electrons. The number of nitrogens with zero attached hydrogens (tertiary/aromatic N) is 4. The maximum Gasteiger partial charge on any atom is 0.232 e. The van der Waals surface area contributed by atoms with Crippen LogP contribution in [0, 0.1) is 12.8 Å². The van der Waals surface area contributed by atoms with Gasteiger partial charge in [0.05, 0.1) is 24.7 Å². The molecule has 1 aliphatic carbocycles. The Bertz CT molecular complexity index is 830. The van der Waals surface area contributed by atoms with Gasteiger partial charge in [-0.05, 0) is 50.3 Å². The van der Waals surface area contributed by atoms with Crippen LogP contribution in [0.1, 0.15) is 25.3 Å². The Morgan fingerprint density at radius 3 is 2.82 bits per heavy atom. The fourth-order valence-electron chi connectivity index (χ4n) is 3.46. The first-order valence-corrected chi connectivity index (χ1v) is 10.9. The third-order valence-electron chi connectivity index (χ3n) is 5.22. The number of carbonyl (C=O) groups excluding carboxylic acids is 1. The van der Waals surface area contributed by atoms with Crippen LogP contribution >= 0.6 is 11.8 Å². The lowest BCUT2D eigenvalue weighted by Gasteiger charge is -2.28. The number of nitrogens with one attached hydrogen (secondary N) is 1. The zero-order valence-corrected chi connectivity index (χ0v) is 17.2. The predicted octanol–water partition coefficient (Wildman–Crippen LogP) is 2.42. The molecule has 1 aliphatic heterocycles. The maximum atomic E-state index is 12.4. The monoisotopic (exact) mass is 401 g/mol. The van der Waals surface area contributed by atoms with Crippen molar-refractivity contribution in [2.45, 2.75) is 37.9 Å². The molecule has 1 saturated carbocycles. The second-order valence-corrected chi connectivity index (χ2v) is 8.48. The highest BCUT2D eigenvalue weighted by Crippen LogP contribution is 2.32. The van der Waals surface area contributed by atoms with Gasteiger partial charge >= 0.3 is 0 Å². The van der Waals surface area contributed by atoms with E-state index in [4.69, 9.17) is 4.74 Å². The summed E-state index contributed by atoms with van der Waals surface area (Å²) in [6.07, 6.45) is 2.44. The van der Waals surface area contributed by atoms with Crippen molar-refractivity contribution in [1.82, 2.24) is 20.1 Å². The minimum absolute atomic E-state index is 0.0520. The van der Waals surface area contributed by atoms with Crippen LogP contribution in [0.2, 0.25) is 0 Å². The van der Waals surface area contributed by atoms with Crippen molar-refractivity contribution in [3.8, 4) is 5.69 Å². The van der Waals surface area contributed by atoms with E-state index in [-0.39, 0.29) is 11.9 Å². The fourth-order valence-corrected chi connectivity index (χ4v) is 4.21. The normalized spacial score (nSPS) is 18.1. The smallest absolute Gasteiger partial charge is 0.232 e. The maximum absolute atomic E-state index is 12.4. The van der Waals surface area contributed by atoms with E-state index in [1.54, 1.807) is 0 Å². The SMILES string of the molecule is Cc1cccc(-n2c(SCC(=O)N[C@H](C)C3CC3)nnc2N2CCOCC2)c1. The number of aryl methyl sites for hydroxylation is 1. The average molecular weight is 402 g/mol. The van der Waals surface area contributed by atoms with Gasteiger partial charge in [0.1, 0.15) is 0 Å². The summed E-state index contributed by atoms with van der Waals surface area (Å²) in [6.45, 7) is 7.10. The quantitative estimate of drug-likeness (QED) is 0.719. The minimum Gasteiger partial charge on any atom is -0.378 e. The first kappa shape index (κ1) is 19.3. The molecule has 1 saturated heterocycles. The van der Waals surface area contributed by atoms with E-state index in [1.165, 1.54) is 30.2 Å². The van der Waals surface area contributed by atoms with E-state index in [1.807, 2.05) is 6.07 Å². The molecule has 2 aliphatic rings. The fraction of sp³-hybridized carbons (Fsp3) is 0.550. The lowest BCUT2D eigenvalue weighted by Crippen LogP contribution is -2.38. The molecule has 1 atom stereocenters. The number of rotatable bonds is 7. The summed E-state index contributed by atoms with van der Waals surface area (Å²) in [4.78, 5) is 14.5. The molecule has 0 radical (unpaired) electrons. The minimum atomic E-state index is 0.0520. The number of carbonyl (C=O) groups is 1. The largest absolute Gasteiger partial charge is 0.378 e. The molecule has 1 aromatic carbocycles. The van der Waals surface area contributed by atoms with E-state index in [0.29, 0.717) is 24.9 Å². The van der Waals surface area contributed by atoms with E-state index in [9.17, 15) is 4.79 Å². The summed E-state index contributed by atoms with van der Waals surface area (Å²) >= 11 is 1.43. The lowest BCUT2D eigenvalue weighted by molar-refractivity contribution is -0.119. The first-order valence-electron chi connectivity index (χ1n) is 9.89. The lowest BCUT2D eigenvalue weighted by atomic mass is 10.2. The number of benzene rings is 1. The summed E-state index contributed by atoms with van der Waals surface area (Å²) in [5.41, 5.74) is 2.19.